The number of nitrogens with two attached hydrogens (primary N) is 1. The smallest absolute Gasteiger partial charge is 0.253 e. The third-order valence-corrected chi connectivity index (χ3v) is 3.27. The van der Waals surface area contributed by atoms with Crippen LogP contribution >= 0.6 is 0 Å². The van der Waals surface area contributed by atoms with Crippen molar-refractivity contribution in [1.29, 1.82) is 0 Å². The van der Waals surface area contributed by atoms with Crippen molar-refractivity contribution >= 4 is 11.6 Å². The number of benzene rings is 1. The highest BCUT2D eigenvalue weighted by Crippen LogP contribution is 2.14. The molecule has 0 aliphatic heterocycles. The van der Waals surface area contributed by atoms with Crippen molar-refractivity contribution in [2.24, 2.45) is 0 Å². The summed E-state index contributed by atoms with van der Waals surface area (Å²) in [6.45, 7) is 2.54. The lowest BCUT2D eigenvalue weighted by atomic mass is 10.1. The molecule has 4 nitrogen and oxygen atoms in total. The van der Waals surface area contributed by atoms with Crippen LogP contribution < -0.4 is 5.73 Å². The number of amides is 1. The predicted octanol–water partition coefficient (Wildman–Crippen LogP) is 2.29. The highest BCUT2D eigenvalue weighted by atomic mass is 16.2. The van der Waals surface area contributed by atoms with Crippen LogP contribution in [0.1, 0.15) is 21.6 Å². The first kappa shape index (κ1) is 14.1. The van der Waals surface area contributed by atoms with Gasteiger partial charge in [0.1, 0.15) is 0 Å². The molecule has 4 heteroatoms. The van der Waals surface area contributed by atoms with Gasteiger partial charge in [-0.25, -0.2) is 0 Å². The van der Waals surface area contributed by atoms with E-state index < -0.39 is 0 Å². The lowest BCUT2D eigenvalue weighted by Crippen LogP contribution is -2.29. The minimum absolute atomic E-state index is 0.00858. The lowest BCUT2D eigenvalue weighted by molar-refractivity contribution is 0.0795. The van der Waals surface area contributed by atoms with Crippen molar-refractivity contribution in [2.45, 2.75) is 13.3 Å². The van der Waals surface area contributed by atoms with Crippen LogP contribution in [0.2, 0.25) is 0 Å². The van der Waals surface area contributed by atoms with Gasteiger partial charge in [-0.15, -0.1) is 0 Å². The number of likely N-dealkylation sites (N-methyl/N-ethyl adjacent to an activating group) is 1. The summed E-state index contributed by atoms with van der Waals surface area (Å²) in [5.74, 6) is -0.00858. The molecule has 0 radical (unpaired) electrons. The first-order valence-corrected chi connectivity index (χ1v) is 6.59. The van der Waals surface area contributed by atoms with E-state index in [1.54, 1.807) is 30.3 Å². The molecule has 0 bridgehead atoms. The molecule has 0 unspecified atom stereocenters. The number of nitrogens with zero attached hydrogens (tertiary/aromatic N) is 2. The number of rotatable bonds is 4. The van der Waals surface area contributed by atoms with Gasteiger partial charge in [0.15, 0.2) is 0 Å². The quantitative estimate of drug-likeness (QED) is 0.866. The number of pyridine rings is 1. The zero-order valence-corrected chi connectivity index (χ0v) is 11.8. The van der Waals surface area contributed by atoms with Crippen LogP contribution in [-0.2, 0) is 6.42 Å². The third-order valence-electron chi connectivity index (χ3n) is 3.27. The molecule has 0 spiro atoms. The maximum atomic E-state index is 12.4. The van der Waals surface area contributed by atoms with E-state index in [4.69, 9.17) is 5.73 Å². The van der Waals surface area contributed by atoms with E-state index in [-0.39, 0.29) is 5.91 Å². The summed E-state index contributed by atoms with van der Waals surface area (Å²) in [4.78, 5) is 18.4. The molecule has 1 aromatic carbocycles. The second kappa shape index (κ2) is 6.19. The fraction of sp³-hybridized carbons (Fsp3) is 0.250. The lowest BCUT2D eigenvalue weighted by Gasteiger charge is -2.18. The van der Waals surface area contributed by atoms with Crippen molar-refractivity contribution in [3.05, 3.63) is 59.4 Å². The molecule has 2 rings (SSSR count). The summed E-state index contributed by atoms with van der Waals surface area (Å²) in [5, 5.41) is 0. The Labute approximate surface area is 119 Å². The van der Waals surface area contributed by atoms with Crippen LogP contribution in [0.3, 0.4) is 0 Å². The minimum atomic E-state index is -0.00858. The number of carbonyl (C=O) groups excluding carboxylic acids is 1. The molecule has 1 amide bonds. The molecule has 0 aliphatic carbocycles. The number of carbonyl (C=O) groups is 1. The van der Waals surface area contributed by atoms with Crippen LogP contribution in [0.5, 0.6) is 0 Å². The predicted molar refractivity (Wildman–Crippen MR) is 80.5 cm³/mol. The van der Waals surface area contributed by atoms with Crippen LogP contribution in [0.4, 0.5) is 5.69 Å². The fourth-order valence-electron chi connectivity index (χ4n) is 2.01. The number of hydrogen-bond acceptors (Lipinski definition) is 3. The third kappa shape index (κ3) is 3.35. The van der Waals surface area contributed by atoms with Gasteiger partial charge in [-0.3, -0.25) is 9.78 Å². The Balaban J connectivity index is 2.03. The summed E-state index contributed by atoms with van der Waals surface area (Å²) >= 11 is 0. The largest absolute Gasteiger partial charge is 0.399 e. The van der Waals surface area contributed by atoms with E-state index in [1.807, 2.05) is 31.2 Å². The Kier molecular flexibility index (Phi) is 4.35. The van der Waals surface area contributed by atoms with Gasteiger partial charge in [0.05, 0.1) is 0 Å². The Morgan fingerprint density at radius 1 is 1.30 bits per heavy atom. The zero-order valence-electron chi connectivity index (χ0n) is 11.8. The number of hydrogen-bond donors (Lipinski definition) is 1. The second-order valence-electron chi connectivity index (χ2n) is 4.87. The molecule has 0 saturated heterocycles. The van der Waals surface area contributed by atoms with Gasteiger partial charge in [-0.1, -0.05) is 12.1 Å². The van der Waals surface area contributed by atoms with Gasteiger partial charge in [0, 0.05) is 43.2 Å². The van der Waals surface area contributed by atoms with Gasteiger partial charge < -0.3 is 10.6 Å². The summed E-state index contributed by atoms with van der Waals surface area (Å²) in [7, 11) is 1.80. The van der Waals surface area contributed by atoms with Crippen LogP contribution in [0.15, 0.2) is 42.6 Å². The summed E-state index contributed by atoms with van der Waals surface area (Å²) < 4.78 is 0. The van der Waals surface area contributed by atoms with Gasteiger partial charge in [0.2, 0.25) is 0 Å². The molecule has 0 aliphatic rings. The topological polar surface area (TPSA) is 59.2 Å². The molecule has 0 saturated carbocycles. The van der Waals surface area contributed by atoms with Crippen molar-refractivity contribution in [1.82, 2.24) is 9.88 Å². The first-order valence-electron chi connectivity index (χ1n) is 6.59. The van der Waals surface area contributed by atoms with Crippen LogP contribution in [0.25, 0.3) is 0 Å². The Hall–Kier alpha value is -2.36. The highest BCUT2D eigenvalue weighted by Gasteiger charge is 2.14. The van der Waals surface area contributed by atoms with Gasteiger partial charge in [-0.05, 0) is 36.8 Å². The van der Waals surface area contributed by atoms with Crippen LogP contribution in [0, 0.1) is 6.92 Å². The maximum Gasteiger partial charge on any atom is 0.253 e. The molecule has 0 atom stereocenters. The monoisotopic (exact) mass is 269 g/mol. The average Bonchev–Trinajstić information content (AvgIpc) is 2.47. The van der Waals surface area contributed by atoms with Crippen molar-refractivity contribution in [2.75, 3.05) is 19.3 Å². The number of nitrogen functional groups attached to an aromatic ring is 1. The maximum absolute atomic E-state index is 12.4. The minimum Gasteiger partial charge on any atom is -0.399 e. The standard InChI is InChI=1S/C16H19N3O/c1-12-6-7-13(17)11-15(12)16(20)19(2)10-8-14-5-3-4-9-18-14/h3-7,9,11H,8,10,17H2,1-2H3. The molecule has 1 heterocycles. The molecule has 0 fully saturated rings. The van der Waals surface area contributed by atoms with Crippen molar-refractivity contribution < 1.29 is 4.79 Å². The average molecular weight is 269 g/mol. The normalized spacial score (nSPS) is 10.3. The number of aryl methyl sites for hydroxylation is 1. The number of aromatic nitrogens is 1. The second-order valence-corrected chi connectivity index (χ2v) is 4.87. The van der Waals surface area contributed by atoms with Crippen molar-refractivity contribution in [3.63, 3.8) is 0 Å². The molecule has 1 aromatic heterocycles. The van der Waals surface area contributed by atoms with E-state index in [9.17, 15) is 4.79 Å². The zero-order chi connectivity index (χ0) is 14.5. The Morgan fingerprint density at radius 2 is 2.10 bits per heavy atom. The first-order chi connectivity index (χ1) is 9.58. The van der Waals surface area contributed by atoms with Gasteiger partial charge in [-0.2, -0.15) is 0 Å². The molecular weight excluding hydrogens is 250 g/mol. The fourth-order valence-corrected chi connectivity index (χ4v) is 2.01. The summed E-state index contributed by atoms with van der Waals surface area (Å²) in [6, 6.07) is 11.2. The summed E-state index contributed by atoms with van der Waals surface area (Å²) in [5.41, 5.74) is 8.94. The van der Waals surface area contributed by atoms with E-state index >= 15 is 0 Å². The van der Waals surface area contributed by atoms with E-state index in [2.05, 4.69) is 4.98 Å². The van der Waals surface area contributed by atoms with Crippen LogP contribution in [-0.4, -0.2) is 29.4 Å². The highest BCUT2D eigenvalue weighted by molar-refractivity contribution is 5.96. The Bertz CT molecular complexity index is 596. The van der Waals surface area contributed by atoms with Gasteiger partial charge in [0.25, 0.3) is 5.91 Å². The van der Waals surface area contributed by atoms with E-state index in [1.165, 1.54) is 0 Å². The molecule has 104 valence electrons. The van der Waals surface area contributed by atoms with E-state index in [0.717, 1.165) is 17.7 Å². The molecule has 2 aromatic rings. The molecule has 2 N–H and O–H groups in total. The summed E-state index contributed by atoms with van der Waals surface area (Å²) in [6.07, 6.45) is 2.50. The molecule has 20 heavy (non-hydrogen) atoms. The van der Waals surface area contributed by atoms with Crippen molar-refractivity contribution in [3.8, 4) is 0 Å². The Morgan fingerprint density at radius 3 is 2.80 bits per heavy atom. The SMILES string of the molecule is Cc1ccc(N)cc1C(=O)N(C)CCc1ccccn1. The number of anilines is 1. The molecular formula is C16H19N3O. The van der Waals surface area contributed by atoms with Gasteiger partial charge >= 0.3 is 0 Å². The van der Waals surface area contributed by atoms with E-state index in [0.29, 0.717) is 17.8 Å².